The van der Waals surface area contributed by atoms with Gasteiger partial charge in [-0.25, -0.2) is 0 Å². The molecule has 1 aliphatic heterocycles. The number of aromatic amines is 1. The second-order valence-electron chi connectivity index (χ2n) is 3.35. The first-order valence-corrected chi connectivity index (χ1v) is 4.13. The molecule has 0 spiro atoms. The maximum Gasteiger partial charge on any atom is 0.248 e. The van der Waals surface area contributed by atoms with Crippen LogP contribution in [0.2, 0.25) is 0 Å². The highest BCUT2D eigenvalue weighted by molar-refractivity contribution is 5.55. The number of likely N-dealkylation sites (N-methyl/N-ethyl adjacent to an activating group) is 1. The number of H-pyrrole nitrogens is 1. The Bertz CT molecular complexity index is 356. The highest BCUT2D eigenvalue weighted by Gasteiger charge is 2.22. The summed E-state index contributed by atoms with van der Waals surface area (Å²) in [7, 11) is 2.05. The summed E-state index contributed by atoms with van der Waals surface area (Å²) < 4.78 is 0. The molecule has 0 radical (unpaired) electrons. The second-order valence-corrected chi connectivity index (χ2v) is 3.35. The molecule has 0 aliphatic carbocycles. The molecule has 1 unspecified atom stereocenters. The molecule has 0 aromatic carbocycles. The van der Waals surface area contributed by atoms with Crippen LogP contribution in [0.15, 0.2) is 16.9 Å². The fourth-order valence-electron chi connectivity index (χ4n) is 1.67. The van der Waals surface area contributed by atoms with Crippen LogP contribution in [0.25, 0.3) is 0 Å². The van der Waals surface area contributed by atoms with E-state index in [4.69, 9.17) is 0 Å². The molecule has 1 aliphatic rings. The minimum Gasteiger partial charge on any atom is -0.370 e. The molecular weight excluding hydrogens is 152 g/mol. The van der Waals surface area contributed by atoms with Crippen LogP contribution < -0.4 is 10.5 Å². The molecule has 0 saturated heterocycles. The maximum atomic E-state index is 11.0. The molecule has 0 saturated carbocycles. The van der Waals surface area contributed by atoms with E-state index in [0.29, 0.717) is 6.04 Å². The van der Waals surface area contributed by atoms with Crippen molar-refractivity contribution in [2.45, 2.75) is 19.4 Å². The highest BCUT2D eigenvalue weighted by Crippen LogP contribution is 2.26. The molecule has 0 fully saturated rings. The van der Waals surface area contributed by atoms with E-state index in [1.54, 1.807) is 6.07 Å². The van der Waals surface area contributed by atoms with Gasteiger partial charge in [-0.15, -0.1) is 0 Å². The molecule has 1 aromatic rings. The molecule has 1 N–H and O–H groups in total. The number of rotatable bonds is 0. The molecule has 2 rings (SSSR count). The molecule has 0 amide bonds. The lowest BCUT2D eigenvalue weighted by Gasteiger charge is -2.17. The summed E-state index contributed by atoms with van der Waals surface area (Å²) in [4.78, 5) is 16.0. The Kier molecular flexibility index (Phi) is 1.46. The SMILES string of the molecule is CC1Cc2[nH]c(=O)ccc2N1C. The van der Waals surface area contributed by atoms with Crippen molar-refractivity contribution in [3.63, 3.8) is 0 Å². The van der Waals surface area contributed by atoms with E-state index in [9.17, 15) is 4.79 Å². The quantitative estimate of drug-likeness (QED) is 0.614. The molecule has 64 valence electrons. The summed E-state index contributed by atoms with van der Waals surface area (Å²) in [5.74, 6) is 0. The van der Waals surface area contributed by atoms with Crippen molar-refractivity contribution in [3.05, 3.63) is 28.2 Å². The predicted molar refractivity (Wildman–Crippen MR) is 48.6 cm³/mol. The van der Waals surface area contributed by atoms with Crippen molar-refractivity contribution >= 4 is 5.69 Å². The van der Waals surface area contributed by atoms with Gasteiger partial charge in [0.1, 0.15) is 0 Å². The number of nitrogens with zero attached hydrogens (tertiary/aromatic N) is 1. The normalized spacial score (nSPS) is 21.2. The fourth-order valence-corrected chi connectivity index (χ4v) is 1.67. The summed E-state index contributed by atoms with van der Waals surface area (Å²) in [5, 5.41) is 0. The molecule has 12 heavy (non-hydrogen) atoms. The maximum absolute atomic E-state index is 11.0. The van der Waals surface area contributed by atoms with Crippen LogP contribution in [0.5, 0.6) is 0 Å². The number of fused-ring (bicyclic) bond motifs is 1. The number of pyridine rings is 1. The van der Waals surface area contributed by atoms with Crippen LogP contribution in [0.3, 0.4) is 0 Å². The molecule has 3 heteroatoms. The van der Waals surface area contributed by atoms with Crippen LogP contribution in [0, 0.1) is 0 Å². The molecule has 1 atom stereocenters. The van der Waals surface area contributed by atoms with Crippen molar-refractivity contribution in [2.24, 2.45) is 0 Å². The molecule has 0 bridgehead atoms. The van der Waals surface area contributed by atoms with Crippen LogP contribution in [-0.2, 0) is 6.42 Å². The summed E-state index contributed by atoms with van der Waals surface area (Å²) in [6.07, 6.45) is 0.946. The van der Waals surface area contributed by atoms with Crippen molar-refractivity contribution in [1.82, 2.24) is 4.98 Å². The summed E-state index contributed by atoms with van der Waals surface area (Å²) in [5.41, 5.74) is 2.22. The Hall–Kier alpha value is -1.25. The number of aromatic nitrogens is 1. The van der Waals surface area contributed by atoms with Crippen LogP contribution in [0.1, 0.15) is 12.6 Å². The van der Waals surface area contributed by atoms with Gasteiger partial charge in [0.2, 0.25) is 5.56 Å². The number of hydrogen-bond acceptors (Lipinski definition) is 2. The van der Waals surface area contributed by atoms with Gasteiger partial charge in [-0.05, 0) is 13.0 Å². The van der Waals surface area contributed by atoms with Gasteiger partial charge in [-0.1, -0.05) is 0 Å². The largest absolute Gasteiger partial charge is 0.370 e. The van der Waals surface area contributed by atoms with Gasteiger partial charge in [0.15, 0.2) is 0 Å². The zero-order chi connectivity index (χ0) is 8.72. The van der Waals surface area contributed by atoms with Crippen LogP contribution in [-0.4, -0.2) is 18.1 Å². The van der Waals surface area contributed by atoms with E-state index in [1.165, 1.54) is 0 Å². The lowest BCUT2D eigenvalue weighted by molar-refractivity contribution is 0.726. The zero-order valence-corrected chi connectivity index (χ0v) is 7.29. The van der Waals surface area contributed by atoms with E-state index in [2.05, 4.69) is 23.9 Å². The van der Waals surface area contributed by atoms with E-state index in [0.717, 1.165) is 17.8 Å². The van der Waals surface area contributed by atoms with Crippen molar-refractivity contribution in [3.8, 4) is 0 Å². The van der Waals surface area contributed by atoms with E-state index < -0.39 is 0 Å². The topological polar surface area (TPSA) is 36.1 Å². The van der Waals surface area contributed by atoms with Crippen molar-refractivity contribution < 1.29 is 0 Å². The average molecular weight is 164 g/mol. The minimum absolute atomic E-state index is 0.00347. The monoisotopic (exact) mass is 164 g/mol. The third-order valence-electron chi connectivity index (χ3n) is 2.52. The van der Waals surface area contributed by atoms with Gasteiger partial charge in [-0.2, -0.15) is 0 Å². The lowest BCUT2D eigenvalue weighted by Crippen LogP contribution is -2.23. The van der Waals surface area contributed by atoms with E-state index in [-0.39, 0.29) is 5.56 Å². The average Bonchev–Trinajstić information content (AvgIpc) is 2.28. The Morgan fingerprint density at radius 2 is 2.33 bits per heavy atom. The van der Waals surface area contributed by atoms with Gasteiger partial charge < -0.3 is 9.88 Å². The summed E-state index contributed by atoms with van der Waals surface area (Å²) in [6.45, 7) is 2.15. The molecule has 1 aromatic heterocycles. The molecular formula is C9H12N2O. The zero-order valence-electron chi connectivity index (χ0n) is 7.29. The van der Waals surface area contributed by atoms with Crippen LogP contribution >= 0.6 is 0 Å². The summed E-state index contributed by atoms with van der Waals surface area (Å²) in [6, 6.07) is 3.96. The number of nitrogens with one attached hydrogen (secondary N) is 1. The van der Waals surface area contributed by atoms with Crippen molar-refractivity contribution in [1.29, 1.82) is 0 Å². The molecule has 3 nitrogen and oxygen atoms in total. The Balaban J connectivity index is 2.54. The van der Waals surface area contributed by atoms with Gasteiger partial charge in [0.05, 0.1) is 5.69 Å². The first-order valence-electron chi connectivity index (χ1n) is 4.13. The standard InChI is InChI=1S/C9H12N2O/c1-6-5-7-8(11(6)2)3-4-9(12)10-7/h3-4,6H,5H2,1-2H3,(H,10,12). The second kappa shape index (κ2) is 2.37. The predicted octanol–water partition coefficient (Wildman–Crippen LogP) is 0.756. The van der Waals surface area contributed by atoms with Crippen LogP contribution in [0.4, 0.5) is 5.69 Å². The van der Waals surface area contributed by atoms with Gasteiger partial charge in [-0.3, -0.25) is 4.79 Å². The third-order valence-corrected chi connectivity index (χ3v) is 2.52. The molecule has 2 heterocycles. The number of anilines is 1. The fraction of sp³-hybridized carbons (Fsp3) is 0.444. The van der Waals surface area contributed by atoms with Gasteiger partial charge in [0, 0.05) is 31.3 Å². The first kappa shape index (κ1) is 7.40. The summed E-state index contributed by atoms with van der Waals surface area (Å²) >= 11 is 0. The smallest absolute Gasteiger partial charge is 0.248 e. The Morgan fingerprint density at radius 3 is 3.08 bits per heavy atom. The lowest BCUT2D eigenvalue weighted by atomic mass is 10.2. The van der Waals surface area contributed by atoms with E-state index in [1.807, 2.05) is 6.07 Å². The third kappa shape index (κ3) is 0.932. The number of hydrogen-bond donors (Lipinski definition) is 1. The minimum atomic E-state index is -0.00347. The van der Waals surface area contributed by atoms with E-state index >= 15 is 0 Å². The van der Waals surface area contributed by atoms with Crippen molar-refractivity contribution in [2.75, 3.05) is 11.9 Å². The first-order chi connectivity index (χ1) is 5.68. The highest BCUT2D eigenvalue weighted by atomic mass is 16.1. The van der Waals surface area contributed by atoms with Gasteiger partial charge in [0.25, 0.3) is 0 Å². The Labute approximate surface area is 71.0 Å². The Morgan fingerprint density at radius 1 is 1.58 bits per heavy atom. The van der Waals surface area contributed by atoms with Gasteiger partial charge >= 0.3 is 0 Å².